The summed E-state index contributed by atoms with van der Waals surface area (Å²) >= 11 is 2.18. The van der Waals surface area contributed by atoms with Crippen LogP contribution in [0, 0.1) is 10.7 Å². The van der Waals surface area contributed by atoms with Crippen molar-refractivity contribution in [2.24, 2.45) is 0 Å². The number of nitrogens with one attached hydrogen (secondary N) is 1. The summed E-state index contributed by atoms with van der Waals surface area (Å²) in [4.78, 5) is 0. The molecule has 0 aliphatic rings. The summed E-state index contributed by atoms with van der Waals surface area (Å²) in [6.07, 6.45) is 1.04. The lowest BCUT2D eigenvalue weighted by Gasteiger charge is -2.12. The van der Waals surface area contributed by atoms with Crippen LogP contribution in [0.4, 0.5) is 5.69 Å². The number of rotatable bonds is 4. The number of hydrogen-bond acceptors (Lipinski definition) is 2. The third kappa shape index (κ3) is 3.03. The fourth-order valence-electron chi connectivity index (χ4n) is 1.90. The Labute approximate surface area is 116 Å². The van der Waals surface area contributed by atoms with Crippen molar-refractivity contribution in [1.29, 1.82) is 0 Å². The van der Waals surface area contributed by atoms with Crippen LogP contribution in [0.2, 0.25) is 0 Å². The van der Waals surface area contributed by atoms with Crippen molar-refractivity contribution < 1.29 is 4.42 Å². The Morgan fingerprint density at radius 1 is 1.24 bits per heavy atom. The maximum Gasteiger partial charge on any atom is 0.164 e. The van der Waals surface area contributed by atoms with Gasteiger partial charge < -0.3 is 9.73 Å². The Kier molecular flexibility index (Phi) is 4.10. The van der Waals surface area contributed by atoms with E-state index < -0.39 is 0 Å². The summed E-state index contributed by atoms with van der Waals surface area (Å²) in [5, 5.41) is 3.46. The van der Waals surface area contributed by atoms with Crippen LogP contribution in [-0.4, -0.2) is 0 Å². The minimum atomic E-state index is 0.737. The molecule has 0 aliphatic heterocycles. The molecule has 0 amide bonds. The third-order valence-corrected chi connectivity index (χ3v) is 3.39. The lowest BCUT2D eigenvalue weighted by atomic mass is 10.1. The minimum absolute atomic E-state index is 0.737. The molecular formula is C14H16INO. The highest BCUT2D eigenvalue weighted by atomic mass is 127. The molecule has 2 rings (SSSR count). The van der Waals surface area contributed by atoms with E-state index in [2.05, 4.69) is 60.0 Å². The number of halogens is 1. The molecule has 0 saturated heterocycles. The predicted molar refractivity (Wildman–Crippen MR) is 79.3 cm³/mol. The average molecular weight is 341 g/mol. The number of benzene rings is 1. The van der Waals surface area contributed by atoms with Gasteiger partial charge in [-0.25, -0.2) is 0 Å². The maximum atomic E-state index is 5.54. The molecule has 0 radical (unpaired) electrons. The molecule has 0 unspecified atom stereocenters. The van der Waals surface area contributed by atoms with Crippen molar-refractivity contribution in [1.82, 2.24) is 0 Å². The second kappa shape index (κ2) is 5.58. The molecule has 0 atom stereocenters. The summed E-state index contributed by atoms with van der Waals surface area (Å²) in [6.45, 7) is 5.05. The molecule has 1 heterocycles. The molecule has 2 aromatic rings. The number of para-hydroxylation sites is 1. The highest BCUT2D eigenvalue weighted by molar-refractivity contribution is 14.1. The molecule has 1 aromatic heterocycles. The van der Waals surface area contributed by atoms with Crippen LogP contribution in [0.25, 0.3) is 0 Å². The van der Waals surface area contributed by atoms with Crippen molar-refractivity contribution in [2.75, 3.05) is 5.32 Å². The van der Waals surface area contributed by atoms with E-state index in [-0.39, 0.29) is 0 Å². The van der Waals surface area contributed by atoms with Gasteiger partial charge in [-0.2, -0.15) is 0 Å². The zero-order valence-electron chi connectivity index (χ0n) is 10.1. The molecular weight excluding hydrogens is 325 g/mol. The molecule has 0 bridgehead atoms. The van der Waals surface area contributed by atoms with Crippen LogP contribution >= 0.6 is 22.6 Å². The van der Waals surface area contributed by atoms with Crippen LogP contribution in [0.3, 0.4) is 0 Å². The molecule has 17 heavy (non-hydrogen) atoms. The fourth-order valence-corrected chi connectivity index (χ4v) is 2.36. The van der Waals surface area contributed by atoms with Crippen LogP contribution in [0.15, 0.2) is 34.7 Å². The first-order valence-electron chi connectivity index (χ1n) is 5.77. The van der Waals surface area contributed by atoms with Gasteiger partial charge >= 0.3 is 0 Å². The fraction of sp³-hybridized carbons (Fsp3) is 0.286. The van der Waals surface area contributed by atoms with Crippen molar-refractivity contribution in [3.05, 3.63) is 51.0 Å². The molecule has 0 aliphatic carbocycles. The van der Waals surface area contributed by atoms with Gasteiger partial charge in [-0.1, -0.05) is 25.1 Å². The zero-order chi connectivity index (χ0) is 12.3. The molecule has 0 saturated carbocycles. The summed E-state index contributed by atoms with van der Waals surface area (Å²) in [7, 11) is 0. The lowest BCUT2D eigenvalue weighted by Crippen LogP contribution is -2.03. The Hall–Kier alpha value is -0.970. The van der Waals surface area contributed by atoms with E-state index in [9.17, 15) is 0 Å². The van der Waals surface area contributed by atoms with E-state index in [1.54, 1.807) is 0 Å². The van der Waals surface area contributed by atoms with Gasteiger partial charge in [-0.05, 0) is 59.2 Å². The first kappa shape index (κ1) is 12.5. The third-order valence-electron chi connectivity index (χ3n) is 2.81. The quantitative estimate of drug-likeness (QED) is 0.836. The molecule has 0 fully saturated rings. The van der Waals surface area contributed by atoms with Crippen LogP contribution in [-0.2, 0) is 13.0 Å². The molecule has 1 aromatic carbocycles. The van der Waals surface area contributed by atoms with Gasteiger partial charge in [-0.3, -0.25) is 0 Å². The van der Waals surface area contributed by atoms with E-state index in [0.717, 1.165) is 22.5 Å². The van der Waals surface area contributed by atoms with Crippen LogP contribution in [0.5, 0.6) is 0 Å². The molecule has 0 spiro atoms. The Bertz CT molecular complexity index is 505. The van der Waals surface area contributed by atoms with E-state index in [1.807, 2.05) is 12.1 Å². The predicted octanol–water partition coefficient (Wildman–Crippen LogP) is 4.37. The second-order valence-corrected chi connectivity index (χ2v) is 5.09. The van der Waals surface area contributed by atoms with Gasteiger partial charge in [0, 0.05) is 5.69 Å². The Morgan fingerprint density at radius 2 is 2.06 bits per heavy atom. The number of hydrogen-bond donors (Lipinski definition) is 1. The smallest absolute Gasteiger partial charge is 0.164 e. The highest BCUT2D eigenvalue weighted by Crippen LogP contribution is 2.22. The van der Waals surface area contributed by atoms with Gasteiger partial charge in [0.1, 0.15) is 5.76 Å². The Balaban J connectivity index is 2.13. The number of aryl methyl sites for hydroxylation is 2. The topological polar surface area (TPSA) is 25.2 Å². The van der Waals surface area contributed by atoms with Crippen molar-refractivity contribution >= 4 is 28.3 Å². The average Bonchev–Trinajstić information content (AvgIpc) is 2.73. The first-order chi connectivity index (χ1) is 8.20. The normalized spacial score (nSPS) is 10.5. The SMILES string of the molecule is CCc1cccc(C)c1NCc1ccc(I)o1. The molecule has 90 valence electrons. The van der Waals surface area contributed by atoms with Gasteiger partial charge in [0.15, 0.2) is 3.77 Å². The molecule has 1 N–H and O–H groups in total. The zero-order valence-corrected chi connectivity index (χ0v) is 12.2. The van der Waals surface area contributed by atoms with E-state index in [0.29, 0.717) is 0 Å². The molecule has 2 nitrogen and oxygen atoms in total. The van der Waals surface area contributed by atoms with Crippen molar-refractivity contribution in [2.45, 2.75) is 26.8 Å². The number of anilines is 1. The van der Waals surface area contributed by atoms with E-state index >= 15 is 0 Å². The number of furan rings is 1. The van der Waals surface area contributed by atoms with Crippen molar-refractivity contribution in [3.63, 3.8) is 0 Å². The summed E-state index contributed by atoms with van der Waals surface area (Å²) < 4.78 is 6.47. The van der Waals surface area contributed by atoms with E-state index in [4.69, 9.17) is 4.42 Å². The lowest BCUT2D eigenvalue weighted by molar-refractivity contribution is 0.493. The van der Waals surface area contributed by atoms with Gasteiger partial charge in [0.2, 0.25) is 0 Å². The summed E-state index contributed by atoms with van der Waals surface area (Å²) in [5.74, 6) is 0.972. The summed E-state index contributed by atoms with van der Waals surface area (Å²) in [5.41, 5.74) is 3.87. The standard InChI is InChI=1S/C14H16INO/c1-3-11-6-4-5-10(2)14(11)16-9-12-7-8-13(15)17-12/h4-8,16H,3,9H2,1-2H3. The van der Waals surface area contributed by atoms with E-state index in [1.165, 1.54) is 16.8 Å². The maximum absolute atomic E-state index is 5.54. The summed E-state index contributed by atoms with van der Waals surface area (Å²) in [6, 6.07) is 10.4. The minimum Gasteiger partial charge on any atom is -0.454 e. The largest absolute Gasteiger partial charge is 0.454 e. The first-order valence-corrected chi connectivity index (χ1v) is 6.85. The monoisotopic (exact) mass is 341 g/mol. The van der Waals surface area contributed by atoms with Gasteiger partial charge in [-0.15, -0.1) is 0 Å². The molecule has 3 heteroatoms. The Morgan fingerprint density at radius 3 is 2.71 bits per heavy atom. The van der Waals surface area contributed by atoms with Gasteiger partial charge in [0.25, 0.3) is 0 Å². The van der Waals surface area contributed by atoms with Crippen LogP contribution < -0.4 is 5.32 Å². The van der Waals surface area contributed by atoms with Crippen LogP contribution in [0.1, 0.15) is 23.8 Å². The highest BCUT2D eigenvalue weighted by Gasteiger charge is 2.05. The van der Waals surface area contributed by atoms with Crippen molar-refractivity contribution in [3.8, 4) is 0 Å². The van der Waals surface area contributed by atoms with Gasteiger partial charge in [0.05, 0.1) is 6.54 Å². The second-order valence-electron chi connectivity index (χ2n) is 4.02.